The third-order valence-corrected chi connectivity index (χ3v) is 4.27. The van der Waals surface area contributed by atoms with Crippen molar-refractivity contribution in [2.75, 3.05) is 36.0 Å². The Morgan fingerprint density at radius 3 is 1.92 bits per heavy atom. The van der Waals surface area contributed by atoms with Crippen molar-refractivity contribution in [3.8, 4) is 0 Å². The van der Waals surface area contributed by atoms with Gasteiger partial charge in [-0.25, -0.2) is 27.1 Å². The van der Waals surface area contributed by atoms with Gasteiger partial charge in [-0.1, -0.05) is 11.6 Å². The quantitative estimate of drug-likeness (QED) is 0.494. The molecule has 2 aromatic rings. The SMILES string of the molecule is O=c1[nH]ncc(N2CCN(c3c(F)c(F)c(F)c(F)c3F)CC2)c1Cl. The van der Waals surface area contributed by atoms with Crippen molar-refractivity contribution in [2.24, 2.45) is 0 Å². The summed E-state index contributed by atoms with van der Waals surface area (Å²) in [6, 6.07) is 0. The molecule has 0 spiro atoms. The van der Waals surface area contributed by atoms with E-state index in [1.807, 2.05) is 0 Å². The molecule has 0 atom stereocenters. The maximum Gasteiger partial charge on any atom is 0.285 e. The van der Waals surface area contributed by atoms with Crippen LogP contribution in [-0.4, -0.2) is 36.4 Å². The summed E-state index contributed by atoms with van der Waals surface area (Å²) >= 11 is 5.89. The number of benzene rings is 1. The van der Waals surface area contributed by atoms with Crippen LogP contribution < -0.4 is 15.4 Å². The van der Waals surface area contributed by atoms with E-state index in [1.165, 1.54) is 6.20 Å². The van der Waals surface area contributed by atoms with E-state index in [9.17, 15) is 26.7 Å². The molecule has 134 valence electrons. The Labute approximate surface area is 142 Å². The van der Waals surface area contributed by atoms with Crippen molar-refractivity contribution >= 4 is 23.0 Å². The molecular weight excluding hydrogens is 371 g/mol. The average molecular weight is 381 g/mol. The molecule has 0 aliphatic carbocycles. The number of nitrogens with one attached hydrogen (secondary N) is 1. The highest BCUT2D eigenvalue weighted by molar-refractivity contribution is 6.33. The zero-order valence-electron chi connectivity index (χ0n) is 12.4. The van der Waals surface area contributed by atoms with E-state index < -0.39 is 40.3 Å². The number of hydrogen-bond donors (Lipinski definition) is 1. The van der Waals surface area contributed by atoms with Gasteiger partial charge >= 0.3 is 0 Å². The first-order chi connectivity index (χ1) is 11.8. The van der Waals surface area contributed by atoms with Crippen LogP contribution in [0.15, 0.2) is 11.0 Å². The van der Waals surface area contributed by atoms with Gasteiger partial charge in [-0.05, 0) is 0 Å². The van der Waals surface area contributed by atoms with Gasteiger partial charge < -0.3 is 9.80 Å². The monoisotopic (exact) mass is 380 g/mol. The molecule has 1 aromatic carbocycles. The van der Waals surface area contributed by atoms with Crippen molar-refractivity contribution in [1.29, 1.82) is 0 Å². The highest BCUT2D eigenvalue weighted by Gasteiger charge is 2.31. The zero-order valence-corrected chi connectivity index (χ0v) is 13.2. The van der Waals surface area contributed by atoms with E-state index in [-0.39, 0.29) is 31.2 Å². The molecule has 25 heavy (non-hydrogen) atoms. The Morgan fingerprint density at radius 1 is 0.880 bits per heavy atom. The molecular formula is C14H10ClF5N4O. The zero-order chi connectivity index (χ0) is 18.3. The van der Waals surface area contributed by atoms with Gasteiger partial charge in [0.1, 0.15) is 10.7 Å². The molecule has 0 amide bonds. The maximum atomic E-state index is 13.9. The van der Waals surface area contributed by atoms with Crippen LogP contribution in [0.2, 0.25) is 5.02 Å². The Kier molecular flexibility index (Phi) is 4.55. The number of H-pyrrole nitrogens is 1. The largest absolute Gasteiger partial charge is 0.365 e. The Bertz CT molecular complexity index is 853. The van der Waals surface area contributed by atoms with E-state index in [1.54, 1.807) is 4.90 Å². The molecule has 0 saturated carbocycles. The van der Waals surface area contributed by atoms with Crippen molar-refractivity contribution < 1.29 is 22.0 Å². The minimum atomic E-state index is -2.20. The van der Waals surface area contributed by atoms with Crippen LogP contribution in [0.25, 0.3) is 0 Å². The molecule has 0 unspecified atom stereocenters. The van der Waals surface area contributed by atoms with E-state index in [0.717, 1.165) is 4.90 Å². The van der Waals surface area contributed by atoms with Gasteiger partial charge in [-0.2, -0.15) is 5.10 Å². The predicted molar refractivity (Wildman–Crippen MR) is 80.5 cm³/mol. The lowest BCUT2D eigenvalue weighted by atomic mass is 10.2. The number of nitrogens with zero attached hydrogens (tertiary/aromatic N) is 3. The summed E-state index contributed by atoms with van der Waals surface area (Å²) in [4.78, 5) is 14.1. The van der Waals surface area contributed by atoms with E-state index in [2.05, 4.69) is 10.2 Å². The molecule has 5 nitrogen and oxygen atoms in total. The van der Waals surface area contributed by atoms with E-state index >= 15 is 0 Å². The normalized spacial score (nSPS) is 15.0. The second-order valence-corrected chi connectivity index (χ2v) is 5.67. The van der Waals surface area contributed by atoms with E-state index in [4.69, 9.17) is 11.6 Å². The lowest BCUT2D eigenvalue weighted by Crippen LogP contribution is -2.47. The number of rotatable bonds is 2. The molecule has 1 aromatic heterocycles. The second kappa shape index (κ2) is 6.51. The molecule has 1 N–H and O–H groups in total. The third kappa shape index (κ3) is 2.90. The first kappa shape index (κ1) is 17.5. The number of piperazine rings is 1. The number of hydrogen-bond acceptors (Lipinski definition) is 4. The second-order valence-electron chi connectivity index (χ2n) is 5.29. The Hall–Kier alpha value is -2.36. The van der Waals surface area contributed by atoms with Gasteiger partial charge in [0.25, 0.3) is 5.56 Å². The van der Waals surface area contributed by atoms with Crippen molar-refractivity contribution in [2.45, 2.75) is 0 Å². The van der Waals surface area contributed by atoms with Crippen LogP contribution in [0.1, 0.15) is 0 Å². The average Bonchev–Trinajstić information content (AvgIpc) is 2.61. The Balaban J connectivity index is 1.86. The summed E-state index contributed by atoms with van der Waals surface area (Å²) < 4.78 is 67.5. The van der Waals surface area contributed by atoms with Crippen LogP contribution in [0.3, 0.4) is 0 Å². The van der Waals surface area contributed by atoms with Crippen LogP contribution in [0, 0.1) is 29.1 Å². The van der Waals surface area contributed by atoms with Gasteiger partial charge in [-0.3, -0.25) is 4.79 Å². The van der Waals surface area contributed by atoms with Crippen molar-refractivity contribution in [3.05, 3.63) is 50.7 Å². The highest BCUT2D eigenvalue weighted by Crippen LogP contribution is 2.31. The molecule has 0 bridgehead atoms. The standard InChI is InChI=1S/C14H10ClF5N4O/c15-7-6(5-21-22-14(7)25)23-1-3-24(4-2-23)13-11(19)9(17)8(16)10(18)12(13)20/h5H,1-4H2,(H,22,25). The molecule has 11 heteroatoms. The molecule has 1 fully saturated rings. The lowest BCUT2D eigenvalue weighted by molar-refractivity contribution is 0.377. The molecule has 3 rings (SSSR count). The number of anilines is 2. The number of halogens is 6. The highest BCUT2D eigenvalue weighted by atomic mass is 35.5. The summed E-state index contributed by atoms with van der Waals surface area (Å²) in [5.74, 6) is -9.92. The fourth-order valence-electron chi connectivity index (χ4n) is 2.64. The summed E-state index contributed by atoms with van der Waals surface area (Å²) in [5.41, 5.74) is -1.24. The van der Waals surface area contributed by atoms with Crippen molar-refractivity contribution in [1.82, 2.24) is 10.2 Å². The fraction of sp³-hybridized carbons (Fsp3) is 0.286. The minimum absolute atomic E-state index is 0.0402. The molecule has 0 radical (unpaired) electrons. The number of aromatic nitrogens is 2. The minimum Gasteiger partial charge on any atom is -0.365 e. The molecule has 1 aliphatic heterocycles. The van der Waals surface area contributed by atoms with Gasteiger partial charge in [0.05, 0.1) is 11.9 Å². The van der Waals surface area contributed by atoms with Gasteiger partial charge in [-0.15, -0.1) is 0 Å². The summed E-state index contributed by atoms with van der Waals surface area (Å²) in [6.07, 6.45) is 1.32. The van der Waals surface area contributed by atoms with Crippen LogP contribution >= 0.6 is 11.6 Å². The van der Waals surface area contributed by atoms with Gasteiger partial charge in [0.15, 0.2) is 23.3 Å². The van der Waals surface area contributed by atoms with Crippen LogP contribution in [0.4, 0.5) is 33.3 Å². The molecule has 1 aliphatic rings. The Morgan fingerprint density at radius 2 is 1.36 bits per heavy atom. The lowest BCUT2D eigenvalue weighted by Gasteiger charge is -2.37. The topological polar surface area (TPSA) is 52.2 Å². The smallest absolute Gasteiger partial charge is 0.285 e. The predicted octanol–water partition coefficient (Wildman–Crippen LogP) is 2.45. The fourth-order valence-corrected chi connectivity index (χ4v) is 2.85. The maximum absolute atomic E-state index is 13.9. The van der Waals surface area contributed by atoms with Crippen LogP contribution in [0.5, 0.6) is 0 Å². The van der Waals surface area contributed by atoms with Crippen LogP contribution in [-0.2, 0) is 0 Å². The summed E-state index contributed by atoms with van der Waals surface area (Å²) in [6.45, 7) is 0.206. The summed E-state index contributed by atoms with van der Waals surface area (Å²) in [7, 11) is 0. The first-order valence-electron chi connectivity index (χ1n) is 7.07. The third-order valence-electron chi connectivity index (χ3n) is 3.90. The van der Waals surface area contributed by atoms with Gasteiger partial charge in [0, 0.05) is 26.2 Å². The first-order valence-corrected chi connectivity index (χ1v) is 7.45. The van der Waals surface area contributed by atoms with E-state index in [0.29, 0.717) is 5.69 Å². The molecule has 2 heterocycles. The van der Waals surface area contributed by atoms with Crippen molar-refractivity contribution in [3.63, 3.8) is 0 Å². The number of aromatic amines is 1. The van der Waals surface area contributed by atoms with Gasteiger partial charge in [0.2, 0.25) is 5.82 Å². The summed E-state index contributed by atoms with van der Waals surface area (Å²) in [5, 5.41) is 5.68. The molecule has 1 saturated heterocycles.